The van der Waals surface area contributed by atoms with E-state index in [1.807, 2.05) is 6.92 Å². The monoisotopic (exact) mass is 348 g/mol. The summed E-state index contributed by atoms with van der Waals surface area (Å²) in [4.78, 5) is 4.50. The second-order valence-electron chi connectivity index (χ2n) is 6.28. The number of nitrogens with zero attached hydrogens (tertiary/aromatic N) is 1. The van der Waals surface area contributed by atoms with Gasteiger partial charge < -0.3 is 10.6 Å². The van der Waals surface area contributed by atoms with Crippen LogP contribution in [0.5, 0.6) is 0 Å². The second-order valence-corrected chi connectivity index (χ2v) is 8.38. The van der Waals surface area contributed by atoms with E-state index in [4.69, 9.17) is 0 Å². The van der Waals surface area contributed by atoms with E-state index in [1.165, 1.54) is 12.8 Å². The Morgan fingerprint density at radius 3 is 2.35 bits per heavy atom. The molecule has 3 N–H and O–H groups in total. The fourth-order valence-corrected chi connectivity index (χ4v) is 2.72. The molecule has 0 aromatic heterocycles. The average Bonchev–Trinajstić information content (AvgIpc) is 2.46. The highest BCUT2D eigenvalue weighted by molar-refractivity contribution is 7.89. The zero-order valence-electron chi connectivity index (χ0n) is 15.5. The Balaban J connectivity index is 4.12. The average molecular weight is 349 g/mol. The van der Waals surface area contributed by atoms with Crippen LogP contribution in [-0.2, 0) is 10.0 Å². The van der Waals surface area contributed by atoms with Crippen LogP contribution in [0.4, 0.5) is 0 Å². The van der Waals surface area contributed by atoms with Crippen LogP contribution < -0.4 is 15.4 Å². The Morgan fingerprint density at radius 1 is 1.09 bits per heavy atom. The number of guanidine groups is 1. The van der Waals surface area contributed by atoms with Crippen molar-refractivity contribution in [1.82, 2.24) is 15.4 Å². The van der Waals surface area contributed by atoms with Gasteiger partial charge in [-0.3, -0.25) is 4.99 Å². The number of hydrogen-bond acceptors (Lipinski definition) is 3. The third-order valence-corrected chi connectivity index (χ3v) is 4.86. The van der Waals surface area contributed by atoms with Crippen molar-refractivity contribution >= 4 is 16.0 Å². The van der Waals surface area contributed by atoms with E-state index in [2.05, 4.69) is 41.1 Å². The predicted molar refractivity (Wildman–Crippen MR) is 99.3 cm³/mol. The molecule has 138 valence electrons. The molecule has 0 aromatic carbocycles. The Morgan fingerprint density at radius 2 is 1.78 bits per heavy atom. The lowest BCUT2D eigenvalue weighted by molar-refractivity contribution is 0.491. The molecule has 6 nitrogen and oxygen atoms in total. The summed E-state index contributed by atoms with van der Waals surface area (Å²) in [6.45, 7) is 12.2. The summed E-state index contributed by atoms with van der Waals surface area (Å²) in [6, 6.07) is 0.380. The van der Waals surface area contributed by atoms with Crippen LogP contribution in [0.3, 0.4) is 0 Å². The predicted octanol–water partition coefficient (Wildman–Crippen LogP) is 2.09. The lowest BCUT2D eigenvalue weighted by Crippen LogP contribution is -2.42. The van der Waals surface area contributed by atoms with Crippen LogP contribution >= 0.6 is 0 Å². The fraction of sp³-hybridized carbons (Fsp3) is 0.938. The summed E-state index contributed by atoms with van der Waals surface area (Å²) < 4.78 is 25.2. The highest BCUT2D eigenvalue weighted by Crippen LogP contribution is 2.08. The summed E-state index contributed by atoms with van der Waals surface area (Å²) in [5.41, 5.74) is 0. The van der Waals surface area contributed by atoms with Crippen LogP contribution in [0.25, 0.3) is 0 Å². The lowest BCUT2D eigenvalue weighted by Gasteiger charge is -2.18. The van der Waals surface area contributed by atoms with Crippen LogP contribution in [0, 0.1) is 5.92 Å². The van der Waals surface area contributed by atoms with Crippen molar-refractivity contribution in [3.63, 3.8) is 0 Å². The second kappa shape index (κ2) is 12.6. The molecular formula is C16H36N4O2S. The molecule has 0 fully saturated rings. The highest BCUT2D eigenvalue weighted by atomic mass is 32.2. The summed E-state index contributed by atoms with van der Waals surface area (Å²) >= 11 is 0. The number of nitrogens with one attached hydrogen (secondary N) is 3. The molecule has 0 heterocycles. The van der Waals surface area contributed by atoms with Crippen molar-refractivity contribution in [3.05, 3.63) is 0 Å². The quantitative estimate of drug-likeness (QED) is 0.286. The Kier molecular flexibility index (Phi) is 12.1. The van der Waals surface area contributed by atoms with Crippen LogP contribution in [0.2, 0.25) is 0 Å². The smallest absolute Gasteiger partial charge is 0.211 e. The minimum Gasteiger partial charge on any atom is -0.357 e. The van der Waals surface area contributed by atoms with Gasteiger partial charge in [0, 0.05) is 25.7 Å². The van der Waals surface area contributed by atoms with Gasteiger partial charge in [-0.2, -0.15) is 0 Å². The molecule has 0 aliphatic rings. The van der Waals surface area contributed by atoms with Crippen molar-refractivity contribution in [2.75, 3.05) is 25.4 Å². The molecule has 0 spiro atoms. The van der Waals surface area contributed by atoms with Crippen LogP contribution in [-0.4, -0.2) is 45.8 Å². The third-order valence-electron chi connectivity index (χ3n) is 3.45. The molecule has 0 saturated carbocycles. The summed E-state index contributed by atoms with van der Waals surface area (Å²) in [5.74, 6) is 1.67. The first kappa shape index (κ1) is 22.2. The van der Waals surface area contributed by atoms with E-state index in [0.717, 1.165) is 24.8 Å². The fourth-order valence-electron chi connectivity index (χ4n) is 2.06. The van der Waals surface area contributed by atoms with Gasteiger partial charge in [0.2, 0.25) is 10.0 Å². The number of hydrogen-bond donors (Lipinski definition) is 3. The molecule has 0 amide bonds. The van der Waals surface area contributed by atoms with E-state index in [1.54, 1.807) is 6.92 Å². The molecule has 0 aliphatic heterocycles. The van der Waals surface area contributed by atoms with E-state index < -0.39 is 10.0 Å². The molecule has 0 radical (unpaired) electrons. The highest BCUT2D eigenvalue weighted by Gasteiger charge is 2.06. The molecule has 0 saturated heterocycles. The number of rotatable bonds is 12. The van der Waals surface area contributed by atoms with Gasteiger partial charge in [0.15, 0.2) is 5.96 Å². The number of aliphatic imine (C=N–C) groups is 1. The minimum atomic E-state index is -3.10. The largest absolute Gasteiger partial charge is 0.357 e. The van der Waals surface area contributed by atoms with Crippen molar-refractivity contribution in [1.29, 1.82) is 0 Å². The van der Waals surface area contributed by atoms with Crippen molar-refractivity contribution in [3.8, 4) is 0 Å². The van der Waals surface area contributed by atoms with E-state index in [9.17, 15) is 8.42 Å². The molecule has 0 aliphatic carbocycles. The van der Waals surface area contributed by atoms with E-state index in [-0.39, 0.29) is 5.75 Å². The van der Waals surface area contributed by atoms with Gasteiger partial charge in [0.25, 0.3) is 0 Å². The molecular weight excluding hydrogens is 312 g/mol. The van der Waals surface area contributed by atoms with Crippen molar-refractivity contribution < 1.29 is 8.42 Å². The zero-order valence-corrected chi connectivity index (χ0v) is 16.3. The van der Waals surface area contributed by atoms with Gasteiger partial charge in [0.1, 0.15) is 0 Å². The van der Waals surface area contributed by atoms with Crippen LogP contribution in [0.1, 0.15) is 60.3 Å². The Hall–Kier alpha value is -0.820. The van der Waals surface area contributed by atoms with E-state index in [0.29, 0.717) is 25.6 Å². The summed E-state index contributed by atoms with van der Waals surface area (Å²) in [7, 11) is -3.10. The van der Waals surface area contributed by atoms with Gasteiger partial charge in [-0.25, -0.2) is 13.1 Å². The lowest BCUT2D eigenvalue weighted by atomic mass is 10.0. The molecule has 0 aromatic rings. The first-order chi connectivity index (χ1) is 10.8. The Labute approximate surface area is 143 Å². The van der Waals surface area contributed by atoms with Crippen molar-refractivity contribution in [2.45, 2.75) is 66.3 Å². The first-order valence-corrected chi connectivity index (χ1v) is 10.5. The third kappa shape index (κ3) is 13.3. The molecule has 7 heteroatoms. The van der Waals surface area contributed by atoms with Gasteiger partial charge in [-0.05, 0) is 39.5 Å². The van der Waals surface area contributed by atoms with Gasteiger partial charge in [-0.1, -0.05) is 26.7 Å². The summed E-state index contributed by atoms with van der Waals surface area (Å²) in [6.07, 6.45) is 4.28. The molecule has 0 rings (SSSR count). The molecule has 0 bridgehead atoms. The number of sulfonamides is 1. The van der Waals surface area contributed by atoms with E-state index >= 15 is 0 Å². The van der Waals surface area contributed by atoms with Crippen LogP contribution in [0.15, 0.2) is 4.99 Å². The van der Waals surface area contributed by atoms with Gasteiger partial charge in [0.05, 0.1) is 5.75 Å². The SMILES string of the molecule is CCNC(=NCCCNS(=O)(=O)CC)NC(C)CCCC(C)C. The topological polar surface area (TPSA) is 82.6 Å². The Bertz CT molecular complexity index is 422. The standard InChI is InChI=1S/C16H36N4O2S/c1-6-17-16(20-15(5)11-8-10-14(3)4)18-12-9-13-19-23(21,22)7-2/h14-15,19H,6-13H2,1-5H3,(H2,17,18,20). The molecule has 23 heavy (non-hydrogen) atoms. The maximum atomic E-state index is 11.3. The zero-order chi connectivity index (χ0) is 17.7. The minimum absolute atomic E-state index is 0.119. The van der Waals surface area contributed by atoms with Gasteiger partial charge >= 0.3 is 0 Å². The molecule has 1 atom stereocenters. The molecule has 1 unspecified atom stereocenters. The summed E-state index contributed by atoms with van der Waals surface area (Å²) in [5, 5.41) is 6.64. The van der Waals surface area contributed by atoms with Gasteiger partial charge in [-0.15, -0.1) is 0 Å². The maximum Gasteiger partial charge on any atom is 0.211 e. The maximum absolute atomic E-state index is 11.3. The first-order valence-electron chi connectivity index (χ1n) is 8.82. The van der Waals surface area contributed by atoms with Crippen molar-refractivity contribution in [2.24, 2.45) is 10.9 Å². The normalized spacial score (nSPS) is 14.1.